The lowest BCUT2D eigenvalue weighted by atomic mass is 10.1. The van der Waals surface area contributed by atoms with Gasteiger partial charge in [-0.25, -0.2) is 0 Å². The van der Waals surface area contributed by atoms with Crippen molar-refractivity contribution < 1.29 is 4.79 Å². The van der Waals surface area contributed by atoms with E-state index in [0.29, 0.717) is 5.91 Å². The molecule has 0 saturated carbocycles. The summed E-state index contributed by atoms with van der Waals surface area (Å²) in [7, 11) is 0. The third kappa shape index (κ3) is 26.3. The molecule has 0 unspecified atom stereocenters. The van der Waals surface area contributed by atoms with E-state index in [0.717, 1.165) is 32.4 Å². The maximum absolute atomic E-state index is 12.8. The van der Waals surface area contributed by atoms with E-state index >= 15 is 0 Å². The minimum absolute atomic E-state index is 0.414. The van der Waals surface area contributed by atoms with Gasteiger partial charge < -0.3 is 4.90 Å². The highest BCUT2D eigenvalue weighted by molar-refractivity contribution is 5.76. The van der Waals surface area contributed by atoms with E-state index < -0.39 is 0 Å². The predicted octanol–water partition coefficient (Wildman–Crippen LogP) is 11.6. The Morgan fingerprint density at radius 3 is 1.28 bits per heavy atom. The molecular formula is C34H67NO. The standard InChI is InChI=1S/C34H67NO/c1-4-7-10-12-14-16-18-19-20-21-22-23-25-27-29-31-34(36)35(32-9-6-3)33-30-28-26-24-17-15-13-11-8-5-2/h19-20H,4-18,21-33H2,1-3H3/b20-19-. The maximum Gasteiger partial charge on any atom is 0.222 e. The Balaban J connectivity index is 3.68. The molecule has 1 amide bonds. The average Bonchev–Trinajstić information content (AvgIpc) is 2.89. The molecule has 214 valence electrons. The Labute approximate surface area is 228 Å². The number of allylic oxidation sites excluding steroid dienone is 2. The van der Waals surface area contributed by atoms with Gasteiger partial charge in [0.2, 0.25) is 5.91 Å². The van der Waals surface area contributed by atoms with Gasteiger partial charge in [-0.05, 0) is 44.9 Å². The largest absolute Gasteiger partial charge is 0.343 e. The lowest BCUT2D eigenvalue weighted by Crippen LogP contribution is -2.32. The molecule has 2 nitrogen and oxygen atoms in total. The van der Waals surface area contributed by atoms with Crippen LogP contribution in [0.15, 0.2) is 12.2 Å². The van der Waals surface area contributed by atoms with Crippen molar-refractivity contribution in [1.82, 2.24) is 4.90 Å². The molecule has 0 aromatic carbocycles. The molecule has 0 N–H and O–H groups in total. The first-order valence-electron chi connectivity index (χ1n) is 16.7. The summed E-state index contributed by atoms with van der Waals surface area (Å²) in [6.07, 6.45) is 38.5. The van der Waals surface area contributed by atoms with Gasteiger partial charge in [0.1, 0.15) is 0 Å². The van der Waals surface area contributed by atoms with E-state index in [1.54, 1.807) is 0 Å². The topological polar surface area (TPSA) is 20.3 Å². The molecule has 0 fully saturated rings. The second-order valence-electron chi connectivity index (χ2n) is 11.3. The molecule has 0 heterocycles. The van der Waals surface area contributed by atoms with E-state index in [9.17, 15) is 4.79 Å². The molecule has 0 radical (unpaired) electrons. The Morgan fingerprint density at radius 1 is 0.444 bits per heavy atom. The van der Waals surface area contributed by atoms with Crippen LogP contribution in [0.3, 0.4) is 0 Å². The van der Waals surface area contributed by atoms with Crippen molar-refractivity contribution in [3.8, 4) is 0 Å². The van der Waals surface area contributed by atoms with Crippen LogP contribution >= 0.6 is 0 Å². The average molecular weight is 506 g/mol. The fourth-order valence-electron chi connectivity index (χ4n) is 5.01. The summed E-state index contributed by atoms with van der Waals surface area (Å²) in [6, 6.07) is 0. The molecular weight excluding hydrogens is 438 g/mol. The van der Waals surface area contributed by atoms with E-state index in [-0.39, 0.29) is 0 Å². The van der Waals surface area contributed by atoms with Crippen LogP contribution in [-0.2, 0) is 4.79 Å². The molecule has 0 aliphatic rings. The maximum atomic E-state index is 12.8. The summed E-state index contributed by atoms with van der Waals surface area (Å²) in [6.45, 7) is 8.75. The molecule has 0 aliphatic heterocycles. The number of amides is 1. The molecule has 36 heavy (non-hydrogen) atoms. The molecule has 0 aliphatic carbocycles. The predicted molar refractivity (Wildman–Crippen MR) is 163 cm³/mol. The molecule has 0 aromatic rings. The number of unbranched alkanes of at least 4 members (excludes halogenated alkanes) is 21. The Morgan fingerprint density at radius 2 is 0.806 bits per heavy atom. The van der Waals surface area contributed by atoms with Crippen molar-refractivity contribution in [3.05, 3.63) is 12.2 Å². The normalized spacial score (nSPS) is 11.5. The van der Waals surface area contributed by atoms with Crippen LogP contribution in [-0.4, -0.2) is 23.9 Å². The van der Waals surface area contributed by atoms with Gasteiger partial charge in [0.05, 0.1) is 0 Å². The second kappa shape index (κ2) is 30.4. The second-order valence-corrected chi connectivity index (χ2v) is 11.3. The number of hydrogen-bond acceptors (Lipinski definition) is 1. The minimum atomic E-state index is 0.414. The van der Waals surface area contributed by atoms with Crippen molar-refractivity contribution in [2.75, 3.05) is 13.1 Å². The van der Waals surface area contributed by atoms with E-state index in [2.05, 4.69) is 37.8 Å². The number of rotatable bonds is 29. The van der Waals surface area contributed by atoms with Gasteiger partial charge in [-0.1, -0.05) is 148 Å². The lowest BCUT2D eigenvalue weighted by Gasteiger charge is -2.22. The molecule has 2 heteroatoms. The van der Waals surface area contributed by atoms with Crippen LogP contribution in [0.4, 0.5) is 0 Å². The first-order valence-corrected chi connectivity index (χ1v) is 16.7. The van der Waals surface area contributed by atoms with E-state index in [4.69, 9.17) is 0 Å². The number of hydrogen-bond donors (Lipinski definition) is 0. The number of carbonyl (C=O) groups is 1. The van der Waals surface area contributed by atoms with Gasteiger partial charge in [-0.3, -0.25) is 4.79 Å². The van der Waals surface area contributed by atoms with Crippen molar-refractivity contribution in [2.24, 2.45) is 0 Å². The van der Waals surface area contributed by atoms with Crippen LogP contribution < -0.4 is 0 Å². The van der Waals surface area contributed by atoms with Gasteiger partial charge in [0.25, 0.3) is 0 Å². The van der Waals surface area contributed by atoms with Gasteiger partial charge in [0.15, 0.2) is 0 Å². The molecule has 0 aromatic heterocycles. The lowest BCUT2D eigenvalue weighted by molar-refractivity contribution is -0.131. The summed E-state index contributed by atoms with van der Waals surface area (Å²) in [4.78, 5) is 15.0. The van der Waals surface area contributed by atoms with Crippen LogP contribution in [0.2, 0.25) is 0 Å². The summed E-state index contributed by atoms with van der Waals surface area (Å²) in [5.41, 5.74) is 0. The highest BCUT2D eigenvalue weighted by atomic mass is 16.2. The summed E-state index contributed by atoms with van der Waals surface area (Å²) in [5, 5.41) is 0. The Hall–Kier alpha value is -0.790. The molecule has 0 saturated heterocycles. The smallest absolute Gasteiger partial charge is 0.222 e. The van der Waals surface area contributed by atoms with Crippen molar-refractivity contribution in [3.63, 3.8) is 0 Å². The van der Waals surface area contributed by atoms with E-state index in [1.165, 1.54) is 148 Å². The summed E-state index contributed by atoms with van der Waals surface area (Å²) < 4.78 is 0. The zero-order valence-corrected chi connectivity index (χ0v) is 25.3. The highest BCUT2D eigenvalue weighted by Crippen LogP contribution is 2.13. The summed E-state index contributed by atoms with van der Waals surface area (Å²) >= 11 is 0. The zero-order valence-electron chi connectivity index (χ0n) is 25.3. The summed E-state index contributed by atoms with van der Waals surface area (Å²) in [5.74, 6) is 0.414. The van der Waals surface area contributed by atoms with E-state index in [1.807, 2.05) is 0 Å². The number of carbonyl (C=O) groups excluding carboxylic acids is 1. The van der Waals surface area contributed by atoms with Crippen molar-refractivity contribution >= 4 is 5.91 Å². The monoisotopic (exact) mass is 506 g/mol. The Kier molecular flexibility index (Phi) is 29.8. The molecule has 0 spiro atoms. The first kappa shape index (κ1) is 35.2. The highest BCUT2D eigenvalue weighted by Gasteiger charge is 2.12. The van der Waals surface area contributed by atoms with Crippen LogP contribution in [0.25, 0.3) is 0 Å². The van der Waals surface area contributed by atoms with Crippen LogP contribution in [0.1, 0.15) is 188 Å². The molecule has 0 rings (SSSR count). The van der Waals surface area contributed by atoms with Gasteiger partial charge in [-0.2, -0.15) is 0 Å². The molecule has 0 bridgehead atoms. The number of nitrogens with zero attached hydrogens (tertiary/aromatic N) is 1. The van der Waals surface area contributed by atoms with Gasteiger partial charge in [0, 0.05) is 19.5 Å². The quantitative estimate of drug-likeness (QED) is 0.0731. The first-order chi connectivity index (χ1) is 17.8. The molecule has 0 atom stereocenters. The van der Waals surface area contributed by atoms with Gasteiger partial charge >= 0.3 is 0 Å². The third-order valence-corrected chi connectivity index (χ3v) is 7.57. The van der Waals surface area contributed by atoms with Crippen LogP contribution in [0, 0.1) is 0 Å². The minimum Gasteiger partial charge on any atom is -0.343 e. The van der Waals surface area contributed by atoms with Crippen LogP contribution in [0.5, 0.6) is 0 Å². The zero-order chi connectivity index (χ0) is 26.4. The van der Waals surface area contributed by atoms with Crippen molar-refractivity contribution in [2.45, 2.75) is 188 Å². The van der Waals surface area contributed by atoms with Gasteiger partial charge in [-0.15, -0.1) is 0 Å². The third-order valence-electron chi connectivity index (χ3n) is 7.57. The SMILES string of the molecule is CCCCCCCC/C=C\CCCCCCCC(=O)N(CCCC)CCCCCCCCCCCC. The fourth-order valence-corrected chi connectivity index (χ4v) is 5.01. The Bertz CT molecular complexity index is 458. The van der Waals surface area contributed by atoms with Crippen molar-refractivity contribution in [1.29, 1.82) is 0 Å². The fraction of sp³-hybridized carbons (Fsp3) is 0.912.